The molecule has 1 saturated heterocycles. The number of amides is 1. The number of anilines is 1. The van der Waals surface area contributed by atoms with Crippen LogP contribution in [0, 0.1) is 6.92 Å². The number of piperazine rings is 1. The third-order valence-electron chi connectivity index (χ3n) is 6.16. The van der Waals surface area contributed by atoms with Crippen molar-refractivity contribution in [1.29, 1.82) is 0 Å². The van der Waals surface area contributed by atoms with Crippen LogP contribution in [0.5, 0.6) is 0 Å². The van der Waals surface area contributed by atoms with Crippen LogP contribution in [0.3, 0.4) is 0 Å². The number of likely N-dealkylation sites (N-methyl/N-ethyl adjacent to an activating group) is 1. The van der Waals surface area contributed by atoms with Crippen molar-refractivity contribution in [2.24, 2.45) is 0 Å². The smallest absolute Gasteiger partial charge is 0.291 e. The van der Waals surface area contributed by atoms with Gasteiger partial charge >= 0.3 is 0 Å². The zero-order chi connectivity index (χ0) is 23.4. The summed E-state index contributed by atoms with van der Waals surface area (Å²) in [6.07, 6.45) is 1.83. The molecule has 1 N–H and O–H groups in total. The third kappa shape index (κ3) is 5.22. The SMILES string of the molecule is CCN1CCN(c2ccc(CNC(=O)c3nc(C)n(-c4ccccc4C(C)C)n3)cn2)CC1. The molecule has 0 aliphatic carbocycles. The number of rotatable bonds is 7. The Balaban J connectivity index is 1.38. The minimum Gasteiger partial charge on any atom is -0.354 e. The summed E-state index contributed by atoms with van der Waals surface area (Å²) in [6.45, 7) is 13.9. The molecule has 1 fully saturated rings. The Bertz CT molecular complexity index is 1080. The van der Waals surface area contributed by atoms with Crippen LogP contribution in [0.25, 0.3) is 5.69 Å². The van der Waals surface area contributed by atoms with Crippen LogP contribution in [0.4, 0.5) is 5.82 Å². The summed E-state index contributed by atoms with van der Waals surface area (Å²) in [6, 6.07) is 12.1. The van der Waals surface area contributed by atoms with Crippen LogP contribution in [-0.4, -0.2) is 63.3 Å². The van der Waals surface area contributed by atoms with Gasteiger partial charge in [0.05, 0.1) is 5.69 Å². The first kappa shape index (κ1) is 22.9. The Morgan fingerprint density at radius 3 is 2.52 bits per heavy atom. The number of carbonyl (C=O) groups excluding carboxylic acids is 1. The van der Waals surface area contributed by atoms with Gasteiger partial charge < -0.3 is 15.1 Å². The van der Waals surface area contributed by atoms with Crippen LogP contribution in [-0.2, 0) is 6.54 Å². The third-order valence-corrected chi connectivity index (χ3v) is 6.16. The summed E-state index contributed by atoms with van der Waals surface area (Å²) in [5.41, 5.74) is 3.07. The lowest BCUT2D eigenvalue weighted by Gasteiger charge is -2.34. The average Bonchev–Trinajstić information content (AvgIpc) is 3.24. The Kier molecular flexibility index (Phi) is 7.03. The van der Waals surface area contributed by atoms with E-state index < -0.39 is 0 Å². The van der Waals surface area contributed by atoms with Crippen LogP contribution >= 0.6 is 0 Å². The molecule has 174 valence electrons. The Labute approximate surface area is 195 Å². The molecule has 0 radical (unpaired) electrons. The number of para-hydroxylation sites is 1. The highest BCUT2D eigenvalue weighted by atomic mass is 16.2. The monoisotopic (exact) mass is 447 g/mol. The number of nitrogens with zero attached hydrogens (tertiary/aromatic N) is 6. The Morgan fingerprint density at radius 1 is 1.09 bits per heavy atom. The highest BCUT2D eigenvalue weighted by molar-refractivity contribution is 5.90. The number of aromatic nitrogens is 4. The molecule has 3 aromatic rings. The first-order valence-corrected chi connectivity index (χ1v) is 11.7. The minimum absolute atomic E-state index is 0.171. The van der Waals surface area contributed by atoms with Gasteiger partial charge in [-0.05, 0) is 42.6 Å². The lowest BCUT2D eigenvalue weighted by atomic mass is 10.0. The van der Waals surface area contributed by atoms with E-state index in [0.717, 1.165) is 49.8 Å². The second-order valence-corrected chi connectivity index (χ2v) is 8.74. The van der Waals surface area contributed by atoms with Gasteiger partial charge in [-0.15, -0.1) is 5.10 Å². The van der Waals surface area contributed by atoms with E-state index in [2.05, 4.69) is 57.0 Å². The first-order chi connectivity index (χ1) is 16.0. The Morgan fingerprint density at radius 2 is 1.85 bits per heavy atom. The highest BCUT2D eigenvalue weighted by Crippen LogP contribution is 2.23. The highest BCUT2D eigenvalue weighted by Gasteiger charge is 2.19. The fraction of sp³-hybridized carbons (Fsp3) is 0.440. The second-order valence-electron chi connectivity index (χ2n) is 8.74. The predicted molar refractivity (Wildman–Crippen MR) is 130 cm³/mol. The van der Waals surface area contributed by atoms with Gasteiger partial charge in [0.25, 0.3) is 5.91 Å². The van der Waals surface area contributed by atoms with Gasteiger partial charge in [0.1, 0.15) is 11.6 Å². The van der Waals surface area contributed by atoms with E-state index in [4.69, 9.17) is 0 Å². The quantitative estimate of drug-likeness (QED) is 0.599. The molecule has 0 atom stereocenters. The van der Waals surface area contributed by atoms with Gasteiger partial charge in [-0.25, -0.2) is 14.6 Å². The van der Waals surface area contributed by atoms with E-state index in [1.54, 1.807) is 4.68 Å². The fourth-order valence-electron chi connectivity index (χ4n) is 4.15. The molecule has 8 nitrogen and oxygen atoms in total. The number of carbonyl (C=O) groups is 1. The summed E-state index contributed by atoms with van der Waals surface area (Å²) in [5, 5.41) is 7.41. The minimum atomic E-state index is -0.293. The van der Waals surface area contributed by atoms with Gasteiger partial charge in [0, 0.05) is 38.9 Å². The Hall–Kier alpha value is -3.26. The maximum absolute atomic E-state index is 12.7. The molecule has 3 heterocycles. The summed E-state index contributed by atoms with van der Waals surface area (Å²) < 4.78 is 1.75. The summed E-state index contributed by atoms with van der Waals surface area (Å²) in [7, 11) is 0. The number of nitrogens with one attached hydrogen (secondary N) is 1. The van der Waals surface area contributed by atoms with Crippen molar-refractivity contribution in [3.63, 3.8) is 0 Å². The van der Waals surface area contributed by atoms with Crippen molar-refractivity contribution in [2.45, 2.75) is 40.2 Å². The fourth-order valence-corrected chi connectivity index (χ4v) is 4.15. The van der Waals surface area contributed by atoms with E-state index in [1.165, 1.54) is 5.56 Å². The molecule has 8 heteroatoms. The molecule has 0 saturated carbocycles. The number of hydrogen-bond acceptors (Lipinski definition) is 6. The van der Waals surface area contributed by atoms with Crippen LogP contribution in [0.2, 0.25) is 0 Å². The molecule has 0 bridgehead atoms. The normalized spacial score (nSPS) is 14.6. The van der Waals surface area contributed by atoms with Crippen LogP contribution < -0.4 is 10.2 Å². The molecule has 1 aromatic carbocycles. The summed E-state index contributed by atoms with van der Waals surface area (Å²) in [4.78, 5) is 26.5. The van der Waals surface area contributed by atoms with Gasteiger partial charge in [0.15, 0.2) is 0 Å². The molecule has 33 heavy (non-hydrogen) atoms. The average molecular weight is 448 g/mol. The van der Waals surface area contributed by atoms with Crippen LogP contribution in [0.1, 0.15) is 54.3 Å². The zero-order valence-corrected chi connectivity index (χ0v) is 20.0. The topological polar surface area (TPSA) is 79.2 Å². The lowest BCUT2D eigenvalue weighted by Crippen LogP contribution is -2.46. The van der Waals surface area contributed by atoms with Gasteiger partial charge in [-0.2, -0.15) is 0 Å². The molecular weight excluding hydrogens is 414 g/mol. The largest absolute Gasteiger partial charge is 0.354 e. The van der Waals surface area contributed by atoms with Crippen molar-refractivity contribution in [3.05, 3.63) is 65.4 Å². The first-order valence-electron chi connectivity index (χ1n) is 11.7. The number of pyridine rings is 1. The van der Waals surface area contributed by atoms with Crippen molar-refractivity contribution < 1.29 is 4.79 Å². The molecule has 1 aliphatic heterocycles. The second kappa shape index (κ2) is 10.1. The number of hydrogen-bond donors (Lipinski definition) is 1. The van der Waals surface area contributed by atoms with E-state index in [9.17, 15) is 4.79 Å². The summed E-state index contributed by atoms with van der Waals surface area (Å²) >= 11 is 0. The van der Waals surface area contributed by atoms with Gasteiger partial charge in [-0.3, -0.25) is 4.79 Å². The van der Waals surface area contributed by atoms with Gasteiger partial charge in [0.2, 0.25) is 5.82 Å². The van der Waals surface area contributed by atoms with Crippen molar-refractivity contribution >= 4 is 11.7 Å². The van der Waals surface area contributed by atoms with E-state index >= 15 is 0 Å². The molecule has 2 aromatic heterocycles. The number of benzene rings is 1. The van der Waals surface area contributed by atoms with E-state index in [1.807, 2.05) is 43.5 Å². The lowest BCUT2D eigenvalue weighted by molar-refractivity contribution is 0.0940. The molecule has 0 unspecified atom stereocenters. The molecular formula is C25H33N7O. The zero-order valence-electron chi connectivity index (χ0n) is 20.0. The molecule has 1 amide bonds. The van der Waals surface area contributed by atoms with Crippen LogP contribution in [0.15, 0.2) is 42.6 Å². The molecule has 4 rings (SSSR count). The van der Waals surface area contributed by atoms with Gasteiger partial charge in [-0.1, -0.05) is 45.0 Å². The molecule has 0 spiro atoms. The van der Waals surface area contributed by atoms with E-state index in [0.29, 0.717) is 18.3 Å². The van der Waals surface area contributed by atoms with Crippen molar-refractivity contribution in [1.82, 2.24) is 30.0 Å². The van der Waals surface area contributed by atoms with Crippen molar-refractivity contribution in [2.75, 3.05) is 37.6 Å². The van der Waals surface area contributed by atoms with E-state index in [-0.39, 0.29) is 11.7 Å². The number of aryl methyl sites for hydroxylation is 1. The standard InChI is InChI=1S/C25H33N7O/c1-5-30-12-14-31(15-13-30)23-11-10-20(16-26-23)17-27-25(33)24-28-19(4)32(29-24)22-9-7-6-8-21(22)18(2)3/h6-11,16,18H,5,12-15,17H2,1-4H3,(H,27,33). The van der Waals surface area contributed by atoms with Crippen molar-refractivity contribution in [3.8, 4) is 5.69 Å². The maximum atomic E-state index is 12.7. The maximum Gasteiger partial charge on any atom is 0.291 e. The predicted octanol–water partition coefficient (Wildman–Crippen LogP) is 3.17. The summed E-state index contributed by atoms with van der Waals surface area (Å²) in [5.74, 6) is 1.89. The molecule has 1 aliphatic rings.